The Bertz CT molecular complexity index is 785. The molecule has 2 N–H and O–H groups in total. The van der Waals surface area contributed by atoms with E-state index in [0.717, 1.165) is 10.9 Å². The van der Waals surface area contributed by atoms with Crippen molar-refractivity contribution >= 4 is 22.4 Å². The molecule has 2 heterocycles. The Kier molecular flexibility index (Phi) is 3.23. The van der Waals surface area contributed by atoms with Crippen molar-refractivity contribution in [3.05, 3.63) is 58.4 Å². The van der Waals surface area contributed by atoms with E-state index in [0.29, 0.717) is 11.3 Å². The van der Waals surface area contributed by atoms with Crippen LogP contribution in [0.15, 0.2) is 42.7 Å². The highest BCUT2D eigenvalue weighted by molar-refractivity contribution is 5.82. The van der Waals surface area contributed by atoms with E-state index in [-0.39, 0.29) is 11.7 Å². The summed E-state index contributed by atoms with van der Waals surface area (Å²) in [6.07, 6.45) is 3.57. The van der Waals surface area contributed by atoms with Gasteiger partial charge in [0.25, 0.3) is 5.69 Å². The quantitative estimate of drug-likeness (QED) is 0.566. The van der Waals surface area contributed by atoms with Gasteiger partial charge in [0, 0.05) is 29.3 Å². The van der Waals surface area contributed by atoms with Crippen LogP contribution in [0.4, 0.5) is 11.5 Å². The number of nitrogens with zero attached hydrogens (tertiary/aromatic N) is 3. The van der Waals surface area contributed by atoms with Crippen molar-refractivity contribution in [3.8, 4) is 0 Å². The van der Waals surface area contributed by atoms with Crippen LogP contribution < -0.4 is 5.32 Å². The molecule has 1 unspecified atom stereocenters. The molecule has 21 heavy (non-hydrogen) atoms. The van der Waals surface area contributed by atoms with Gasteiger partial charge < -0.3 is 5.32 Å². The normalized spacial score (nSPS) is 12.2. The molecule has 0 aliphatic carbocycles. The third kappa shape index (κ3) is 2.66. The molecule has 7 nitrogen and oxygen atoms in total. The molecule has 1 aromatic carbocycles. The number of nitrogens with one attached hydrogen (secondary N) is 2. The van der Waals surface area contributed by atoms with E-state index >= 15 is 0 Å². The summed E-state index contributed by atoms with van der Waals surface area (Å²) >= 11 is 0. The highest BCUT2D eigenvalue weighted by atomic mass is 16.6. The van der Waals surface area contributed by atoms with Gasteiger partial charge in [-0.1, -0.05) is 0 Å². The zero-order valence-electron chi connectivity index (χ0n) is 11.3. The molecule has 2 aromatic heterocycles. The first-order chi connectivity index (χ1) is 10.1. The molecule has 3 rings (SSSR count). The number of nitro groups is 1. The summed E-state index contributed by atoms with van der Waals surface area (Å²) in [5.41, 5.74) is 1.81. The number of anilines is 1. The summed E-state index contributed by atoms with van der Waals surface area (Å²) in [5, 5.41) is 21.4. The maximum Gasteiger partial charge on any atom is 0.270 e. The van der Waals surface area contributed by atoms with E-state index in [1.165, 1.54) is 12.1 Å². The van der Waals surface area contributed by atoms with Gasteiger partial charge in [-0.3, -0.25) is 15.2 Å². The Morgan fingerprint density at radius 2 is 2.19 bits per heavy atom. The Labute approximate surface area is 120 Å². The molecule has 0 saturated heterocycles. The van der Waals surface area contributed by atoms with Crippen LogP contribution in [0.25, 0.3) is 10.9 Å². The number of hydrogen-bond donors (Lipinski definition) is 2. The molecule has 0 bridgehead atoms. The SMILES string of the molecule is CC(Nc1ccc2cc([N+](=O)[O-])ccc2n1)c1cn[nH]c1. The number of H-pyrrole nitrogens is 1. The summed E-state index contributed by atoms with van der Waals surface area (Å²) in [6.45, 7) is 2.01. The zero-order valence-corrected chi connectivity index (χ0v) is 11.3. The number of pyridine rings is 1. The second-order valence-corrected chi connectivity index (χ2v) is 4.73. The third-order valence-corrected chi connectivity index (χ3v) is 3.27. The number of fused-ring (bicyclic) bond motifs is 1. The minimum atomic E-state index is -0.410. The first-order valence-corrected chi connectivity index (χ1v) is 6.44. The van der Waals surface area contributed by atoms with E-state index in [1.807, 2.05) is 25.3 Å². The summed E-state index contributed by atoms with van der Waals surface area (Å²) in [6, 6.07) is 8.32. The van der Waals surface area contributed by atoms with Crippen molar-refractivity contribution in [2.75, 3.05) is 5.32 Å². The lowest BCUT2D eigenvalue weighted by molar-refractivity contribution is -0.384. The first-order valence-electron chi connectivity index (χ1n) is 6.44. The predicted octanol–water partition coefficient (Wildman–Crippen LogP) is 3.04. The van der Waals surface area contributed by atoms with Crippen molar-refractivity contribution in [1.29, 1.82) is 0 Å². The monoisotopic (exact) mass is 283 g/mol. The lowest BCUT2D eigenvalue weighted by Gasteiger charge is -2.13. The lowest BCUT2D eigenvalue weighted by atomic mass is 10.2. The molecule has 0 aliphatic rings. The van der Waals surface area contributed by atoms with Crippen LogP contribution in [0.5, 0.6) is 0 Å². The summed E-state index contributed by atoms with van der Waals surface area (Å²) in [4.78, 5) is 14.8. The van der Waals surface area contributed by atoms with Crippen molar-refractivity contribution in [3.63, 3.8) is 0 Å². The molecule has 0 spiro atoms. The Balaban J connectivity index is 1.87. The number of rotatable bonds is 4. The fourth-order valence-electron chi connectivity index (χ4n) is 2.11. The van der Waals surface area contributed by atoms with E-state index in [4.69, 9.17) is 0 Å². The van der Waals surface area contributed by atoms with Crippen LogP contribution >= 0.6 is 0 Å². The number of nitro benzene ring substituents is 1. The second-order valence-electron chi connectivity index (χ2n) is 4.73. The highest BCUT2D eigenvalue weighted by Gasteiger charge is 2.09. The van der Waals surface area contributed by atoms with Crippen LogP contribution in [0.3, 0.4) is 0 Å². The van der Waals surface area contributed by atoms with Gasteiger partial charge >= 0.3 is 0 Å². The van der Waals surface area contributed by atoms with Crippen molar-refractivity contribution in [2.24, 2.45) is 0 Å². The second kappa shape index (κ2) is 5.20. The molecule has 0 aliphatic heterocycles. The van der Waals surface area contributed by atoms with Crippen LogP contribution in [-0.2, 0) is 0 Å². The van der Waals surface area contributed by atoms with E-state index in [1.54, 1.807) is 12.3 Å². The average molecular weight is 283 g/mol. The number of aromatic amines is 1. The molecule has 106 valence electrons. The summed E-state index contributed by atoms with van der Waals surface area (Å²) in [7, 11) is 0. The van der Waals surface area contributed by atoms with Gasteiger partial charge in [0.1, 0.15) is 5.82 Å². The zero-order chi connectivity index (χ0) is 14.8. The molecule has 7 heteroatoms. The van der Waals surface area contributed by atoms with Crippen LogP contribution in [0.2, 0.25) is 0 Å². The highest BCUT2D eigenvalue weighted by Crippen LogP contribution is 2.23. The van der Waals surface area contributed by atoms with Crippen molar-refractivity contribution < 1.29 is 4.92 Å². The van der Waals surface area contributed by atoms with Gasteiger partial charge in [0.05, 0.1) is 22.7 Å². The van der Waals surface area contributed by atoms with Crippen LogP contribution in [-0.4, -0.2) is 20.1 Å². The van der Waals surface area contributed by atoms with Gasteiger partial charge in [0.15, 0.2) is 0 Å². The molecular formula is C14H13N5O2. The van der Waals surface area contributed by atoms with Gasteiger partial charge in [-0.15, -0.1) is 0 Å². The topological polar surface area (TPSA) is 96.7 Å². The van der Waals surface area contributed by atoms with E-state index in [2.05, 4.69) is 20.5 Å². The smallest absolute Gasteiger partial charge is 0.270 e. The molecule has 0 amide bonds. The molecular weight excluding hydrogens is 270 g/mol. The maximum atomic E-state index is 10.8. The minimum absolute atomic E-state index is 0.0618. The maximum absolute atomic E-state index is 10.8. The standard InChI is InChI=1S/C14H13N5O2/c1-9(11-7-15-16-8-11)17-14-5-2-10-6-12(19(20)21)3-4-13(10)18-14/h2-9H,1H3,(H,15,16)(H,17,18). The van der Waals surface area contributed by atoms with Gasteiger partial charge in [-0.2, -0.15) is 5.10 Å². The predicted molar refractivity (Wildman–Crippen MR) is 79.0 cm³/mol. The number of benzene rings is 1. The average Bonchev–Trinajstić information content (AvgIpc) is 3.01. The molecule has 0 fully saturated rings. The van der Waals surface area contributed by atoms with Gasteiger partial charge in [-0.05, 0) is 25.1 Å². The summed E-state index contributed by atoms with van der Waals surface area (Å²) in [5.74, 6) is 0.713. The van der Waals surface area contributed by atoms with Crippen molar-refractivity contribution in [2.45, 2.75) is 13.0 Å². The molecule has 0 saturated carbocycles. The summed E-state index contributed by atoms with van der Waals surface area (Å²) < 4.78 is 0. The number of hydrogen-bond acceptors (Lipinski definition) is 5. The molecule has 3 aromatic rings. The first kappa shape index (κ1) is 13.0. The van der Waals surface area contributed by atoms with Crippen LogP contribution in [0.1, 0.15) is 18.5 Å². The van der Waals surface area contributed by atoms with E-state index in [9.17, 15) is 10.1 Å². The van der Waals surface area contributed by atoms with Crippen LogP contribution in [0, 0.1) is 10.1 Å². The van der Waals surface area contributed by atoms with Gasteiger partial charge in [0.2, 0.25) is 0 Å². The number of aromatic nitrogens is 3. The third-order valence-electron chi connectivity index (χ3n) is 3.27. The van der Waals surface area contributed by atoms with Gasteiger partial charge in [-0.25, -0.2) is 4.98 Å². The lowest BCUT2D eigenvalue weighted by Crippen LogP contribution is -2.07. The molecule has 1 atom stereocenters. The fraction of sp³-hybridized carbons (Fsp3) is 0.143. The Morgan fingerprint density at radius 3 is 2.90 bits per heavy atom. The fourth-order valence-corrected chi connectivity index (χ4v) is 2.11. The van der Waals surface area contributed by atoms with E-state index < -0.39 is 4.92 Å². The minimum Gasteiger partial charge on any atom is -0.363 e. The molecule has 0 radical (unpaired) electrons. The van der Waals surface area contributed by atoms with Crippen molar-refractivity contribution in [1.82, 2.24) is 15.2 Å². The Morgan fingerprint density at radius 1 is 1.33 bits per heavy atom. The number of non-ortho nitro benzene ring substituents is 1. The Hall–Kier alpha value is -2.96. The largest absolute Gasteiger partial charge is 0.363 e.